The molecule has 4 rings (SSSR count). The van der Waals surface area contributed by atoms with Crippen molar-refractivity contribution < 1.29 is 14.3 Å². The van der Waals surface area contributed by atoms with Crippen LogP contribution in [0.5, 0.6) is 5.75 Å². The van der Waals surface area contributed by atoms with Gasteiger partial charge in [0.15, 0.2) is 0 Å². The molecular weight excluding hydrogens is 333 g/mol. The minimum atomic E-state index is -0.331. The number of piperazine rings is 1. The molecule has 0 radical (unpaired) electrons. The summed E-state index contributed by atoms with van der Waals surface area (Å²) in [7, 11) is 2.17. The topological polar surface area (TPSA) is 47.0 Å². The number of hydrogen-bond acceptors (Lipinski definition) is 4. The van der Waals surface area contributed by atoms with Crippen molar-refractivity contribution in [1.82, 2.24) is 14.7 Å². The highest BCUT2D eigenvalue weighted by Gasteiger charge is 2.27. The number of carbonyl (C=O) groups is 1. The molecule has 146 valence electrons. The fourth-order valence-electron chi connectivity index (χ4n) is 3.28. The van der Waals surface area contributed by atoms with Crippen molar-refractivity contribution in [2.75, 3.05) is 46.3 Å². The van der Waals surface area contributed by atoms with Gasteiger partial charge in [0.05, 0.1) is 0 Å². The molecule has 26 heavy (non-hydrogen) atoms. The van der Waals surface area contributed by atoms with E-state index in [1.807, 2.05) is 4.90 Å². The highest BCUT2D eigenvalue weighted by molar-refractivity contribution is 5.47. The van der Waals surface area contributed by atoms with Gasteiger partial charge in [-0.15, -0.1) is 0 Å². The molecule has 0 unspecified atom stereocenters. The second-order valence-electron chi connectivity index (χ2n) is 7.25. The van der Waals surface area contributed by atoms with Crippen LogP contribution < -0.4 is 0 Å². The third-order valence-corrected chi connectivity index (χ3v) is 5.25. The van der Waals surface area contributed by atoms with Crippen LogP contribution in [0.3, 0.4) is 0 Å². The zero-order valence-corrected chi connectivity index (χ0v) is 15.8. The number of phenols is 1. The molecule has 1 aliphatic carbocycles. The monoisotopic (exact) mass is 365 g/mol. The summed E-state index contributed by atoms with van der Waals surface area (Å²) in [6.45, 7) is 6.67. The number of rotatable bonds is 2. The average Bonchev–Trinajstić information content (AvgIpc) is 3.09. The molecule has 1 aromatic rings. The van der Waals surface area contributed by atoms with Gasteiger partial charge >= 0.3 is 0 Å². The molecule has 3 aliphatic rings. The van der Waals surface area contributed by atoms with Gasteiger partial charge in [-0.05, 0) is 70.1 Å². The summed E-state index contributed by atoms with van der Waals surface area (Å²) in [6, 6.07) is 5.86. The Hall–Kier alpha value is -1.66. The first kappa shape index (κ1) is 20.6. The Morgan fingerprint density at radius 2 is 1.54 bits per heavy atom. The Labute approximate surface area is 156 Å². The molecule has 2 heterocycles. The van der Waals surface area contributed by atoms with E-state index in [1.165, 1.54) is 69.5 Å². The summed E-state index contributed by atoms with van der Waals surface area (Å²) in [4.78, 5) is 17.2. The van der Waals surface area contributed by atoms with E-state index in [0.717, 1.165) is 38.6 Å². The van der Waals surface area contributed by atoms with E-state index >= 15 is 0 Å². The number of phenolic OH excluding ortho intramolecular Hbond substituents is 1. The van der Waals surface area contributed by atoms with E-state index in [1.54, 1.807) is 0 Å². The van der Waals surface area contributed by atoms with Crippen LogP contribution in [-0.4, -0.2) is 78.6 Å². The minimum Gasteiger partial charge on any atom is -0.508 e. The highest BCUT2D eigenvalue weighted by Crippen LogP contribution is 2.25. The van der Waals surface area contributed by atoms with Gasteiger partial charge in [0.25, 0.3) is 0 Å². The fraction of sp³-hybridized carbons (Fsp3) is 0.650. The standard InChI is InChI=1S/C9H16N2O.C6H5FO.C5H11N/c12-8-10-4-6-11(7-5-10)9-2-1-3-9;7-5-1-3-6(8)4-2-5;1-6-4-2-3-5-6/h8-9H,1-7H2;1-4,8H;2-5H2,1H3. The van der Waals surface area contributed by atoms with Crippen LogP contribution in [-0.2, 0) is 4.79 Å². The van der Waals surface area contributed by atoms with E-state index in [0.29, 0.717) is 0 Å². The molecule has 1 amide bonds. The van der Waals surface area contributed by atoms with Crippen LogP contribution >= 0.6 is 0 Å². The van der Waals surface area contributed by atoms with Gasteiger partial charge in [-0.3, -0.25) is 9.69 Å². The summed E-state index contributed by atoms with van der Waals surface area (Å²) < 4.78 is 12.0. The Bertz CT molecular complexity index is 487. The molecule has 5 nitrogen and oxygen atoms in total. The summed E-state index contributed by atoms with van der Waals surface area (Å²) in [5.74, 6) is -0.241. The van der Waals surface area contributed by atoms with Crippen molar-refractivity contribution in [3.8, 4) is 5.75 Å². The van der Waals surface area contributed by atoms with Crippen molar-refractivity contribution in [2.45, 2.75) is 38.1 Å². The minimum absolute atomic E-state index is 0.0893. The maximum absolute atomic E-state index is 12.0. The van der Waals surface area contributed by atoms with Crippen LogP contribution in [0.25, 0.3) is 0 Å². The molecule has 1 saturated carbocycles. The smallest absolute Gasteiger partial charge is 0.209 e. The number of aromatic hydroxyl groups is 1. The van der Waals surface area contributed by atoms with Crippen LogP contribution in [0.15, 0.2) is 24.3 Å². The molecule has 6 heteroatoms. The van der Waals surface area contributed by atoms with Crippen LogP contribution in [0.1, 0.15) is 32.1 Å². The van der Waals surface area contributed by atoms with Crippen LogP contribution in [0.2, 0.25) is 0 Å². The van der Waals surface area contributed by atoms with Crippen molar-refractivity contribution in [1.29, 1.82) is 0 Å². The average molecular weight is 365 g/mol. The summed E-state index contributed by atoms with van der Waals surface area (Å²) in [5, 5.41) is 8.59. The van der Waals surface area contributed by atoms with Crippen molar-refractivity contribution in [3.05, 3.63) is 30.1 Å². The second-order valence-corrected chi connectivity index (χ2v) is 7.25. The maximum atomic E-state index is 12.0. The van der Waals surface area contributed by atoms with Gasteiger partial charge in [-0.2, -0.15) is 0 Å². The Kier molecular flexibility index (Phi) is 8.85. The van der Waals surface area contributed by atoms with E-state index in [-0.39, 0.29) is 11.6 Å². The number of halogens is 1. The Morgan fingerprint density at radius 1 is 0.962 bits per heavy atom. The van der Waals surface area contributed by atoms with Gasteiger partial charge < -0.3 is 14.9 Å². The molecule has 0 spiro atoms. The number of carbonyl (C=O) groups excluding carboxylic acids is 1. The summed E-state index contributed by atoms with van der Waals surface area (Å²) in [6.07, 6.45) is 7.95. The summed E-state index contributed by atoms with van der Waals surface area (Å²) in [5.41, 5.74) is 0. The third kappa shape index (κ3) is 7.30. The number of benzene rings is 1. The van der Waals surface area contributed by atoms with E-state index in [9.17, 15) is 9.18 Å². The Morgan fingerprint density at radius 3 is 1.88 bits per heavy atom. The molecular formula is C20H32FN3O2. The first-order valence-electron chi connectivity index (χ1n) is 9.65. The molecule has 2 saturated heterocycles. The number of likely N-dealkylation sites (tertiary alicyclic amines) is 1. The Balaban J connectivity index is 0.000000151. The predicted molar refractivity (Wildman–Crippen MR) is 102 cm³/mol. The molecule has 0 atom stereocenters. The van der Waals surface area contributed by atoms with Gasteiger partial charge in [0.1, 0.15) is 11.6 Å². The van der Waals surface area contributed by atoms with Crippen LogP contribution in [0.4, 0.5) is 4.39 Å². The zero-order chi connectivity index (χ0) is 18.8. The highest BCUT2D eigenvalue weighted by atomic mass is 19.1. The van der Waals surface area contributed by atoms with Crippen molar-refractivity contribution in [2.24, 2.45) is 0 Å². The lowest BCUT2D eigenvalue weighted by Gasteiger charge is -2.42. The van der Waals surface area contributed by atoms with E-state index < -0.39 is 0 Å². The zero-order valence-electron chi connectivity index (χ0n) is 15.8. The largest absolute Gasteiger partial charge is 0.508 e. The fourth-order valence-corrected chi connectivity index (χ4v) is 3.28. The lowest BCUT2D eigenvalue weighted by Crippen LogP contribution is -2.51. The lowest BCUT2D eigenvalue weighted by molar-refractivity contribution is -0.120. The summed E-state index contributed by atoms with van der Waals surface area (Å²) >= 11 is 0. The predicted octanol–water partition coefficient (Wildman–Crippen LogP) is 2.56. The van der Waals surface area contributed by atoms with Crippen molar-refractivity contribution in [3.63, 3.8) is 0 Å². The molecule has 0 bridgehead atoms. The second kappa shape index (κ2) is 11.1. The van der Waals surface area contributed by atoms with Gasteiger partial charge in [-0.1, -0.05) is 6.42 Å². The normalized spacial score (nSPS) is 21.1. The molecule has 0 aromatic heterocycles. The molecule has 2 aliphatic heterocycles. The van der Waals surface area contributed by atoms with E-state index in [2.05, 4.69) is 16.8 Å². The molecule has 1 aromatic carbocycles. The lowest BCUT2D eigenvalue weighted by atomic mass is 9.91. The SMILES string of the molecule is CN1CCCC1.O=CN1CCN(C2CCC2)CC1.Oc1ccc(F)cc1. The first-order chi connectivity index (χ1) is 12.6. The van der Waals surface area contributed by atoms with Gasteiger partial charge in [0.2, 0.25) is 6.41 Å². The quantitative estimate of drug-likeness (QED) is 0.819. The third-order valence-electron chi connectivity index (χ3n) is 5.25. The van der Waals surface area contributed by atoms with Gasteiger partial charge in [-0.25, -0.2) is 4.39 Å². The first-order valence-corrected chi connectivity index (χ1v) is 9.65. The number of amides is 1. The van der Waals surface area contributed by atoms with Crippen LogP contribution in [0, 0.1) is 5.82 Å². The number of hydrogen-bond donors (Lipinski definition) is 1. The molecule has 3 fully saturated rings. The van der Waals surface area contributed by atoms with Crippen molar-refractivity contribution >= 4 is 6.41 Å². The van der Waals surface area contributed by atoms with Gasteiger partial charge in [0, 0.05) is 32.2 Å². The maximum Gasteiger partial charge on any atom is 0.209 e. The molecule has 1 N–H and O–H groups in total. The van der Waals surface area contributed by atoms with E-state index in [4.69, 9.17) is 5.11 Å². The number of nitrogens with zero attached hydrogens (tertiary/aromatic N) is 3.